The third-order valence-corrected chi connectivity index (χ3v) is 6.98. The summed E-state index contributed by atoms with van der Waals surface area (Å²) in [5.41, 5.74) is 3.34. The van der Waals surface area contributed by atoms with Crippen molar-refractivity contribution in [2.75, 3.05) is 30.9 Å². The van der Waals surface area contributed by atoms with Gasteiger partial charge in [-0.05, 0) is 49.4 Å². The number of aromatic nitrogens is 2. The smallest absolute Gasteiger partial charge is 0.139 e. The molecule has 1 saturated carbocycles. The summed E-state index contributed by atoms with van der Waals surface area (Å²) in [5, 5.41) is 1.10. The summed E-state index contributed by atoms with van der Waals surface area (Å²) in [6.45, 7) is 12.7. The molecule has 1 fully saturated rings. The SMILES string of the molecule is C=C(CC)N(C)c1ccccc1.CCCC1CCC(C)CC1.Cc1nc(N(C)C)c2ccccc2n1. The molecule has 0 N–H and O–H groups in total. The Balaban J connectivity index is 0.000000193. The molecule has 4 nitrogen and oxygen atoms in total. The highest BCUT2D eigenvalue weighted by molar-refractivity contribution is 5.89. The predicted molar refractivity (Wildman–Crippen MR) is 159 cm³/mol. The van der Waals surface area contributed by atoms with Crippen LogP contribution in [0.4, 0.5) is 11.5 Å². The Bertz CT molecular complexity index is 1040. The van der Waals surface area contributed by atoms with Crippen LogP contribution < -0.4 is 9.80 Å². The lowest BCUT2D eigenvalue weighted by Gasteiger charge is -2.25. The number of aryl methyl sites for hydroxylation is 1. The van der Waals surface area contributed by atoms with Gasteiger partial charge >= 0.3 is 0 Å². The zero-order valence-electron chi connectivity index (χ0n) is 23.8. The van der Waals surface area contributed by atoms with E-state index < -0.39 is 0 Å². The maximum Gasteiger partial charge on any atom is 0.139 e. The lowest BCUT2D eigenvalue weighted by Crippen LogP contribution is -2.14. The van der Waals surface area contributed by atoms with Crippen LogP contribution in [0.25, 0.3) is 10.9 Å². The Morgan fingerprint density at radius 3 is 2.08 bits per heavy atom. The minimum absolute atomic E-state index is 0.812. The molecule has 2 aromatic carbocycles. The summed E-state index contributed by atoms with van der Waals surface area (Å²) in [5.74, 6) is 3.90. The fraction of sp³-hybridized carbons (Fsp3) is 0.500. The summed E-state index contributed by atoms with van der Waals surface area (Å²) in [6.07, 6.45) is 9.86. The second kappa shape index (κ2) is 15.3. The Kier molecular flexibility index (Phi) is 12.5. The first-order chi connectivity index (χ1) is 17.3. The van der Waals surface area contributed by atoms with Crippen molar-refractivity contribution in [3.05, 3.63) is 72.7 Å². The van der Waals surface area contributed by atoms with Crippen molar-refractivity contribution in [3.8, 4) is 0 Å². The number of rotatable bonds is 6. The van der Waals surface area contributed by atoms with E-state index in [0.29, 0.717) is 0 Å². The van der Waals surface area contributed by atoms with Gasteiger partial charge in [0.15, 0.2) is 0 Å². The highest BCUT2D eigenvalue weighted by atomic mass is 15.1. The Hall–Kier alpha value is -2.88. The van der Waals surface area contributed by atoms with E-state index in [1.165, 1.54) is 44.2 Å². The van der Waals surface area contributed by atoms with Crippen LogP contribution in [0.3, 0.4) is 0 Å². The first kappa shape index (κ1) is 29.4. The van der Waals surface area contributed by atoms with Gasteiger partial charge in [0.25, 0.3) is 0 Å². The predicted octanol–water partition coefficient (Wildman–Crippen LogP) is 8.66. The van der Waals surface area contributed by atoms with Crippen molar-refractivity contribution < 1.29 is 0 Å². The Labute approximate surface area is 220 Å². The fourth-order valence-corrected chi connectivity index (χ4v) is 4.61. The van der Waals surface area contributed by atoms with E-state index in [1.54, 1.807) is 0 Å². The monoisotopic (exact) mass is 488 g/mol. The summed E-state index contributed by atoms with van der Waals surface area (Å²) in [6, 6.07) is 18.3. The highest BCUT2D eigenvalue weighted by Gasteiger charge is 2.16. The summed E-state index contributed by atoms with van der Waals surface area (Å²) in [4.78, 5) is 12.9. The number of hydrogen-bond acceptors (Lipinski definition) is 4. The van der Waals surface area contributed by atoms with Crippen molar-refractivity contribution in [1.82, 2.24) is 9.97 Å². The number of nitrogens with zero attached hydrogens (tertiary/aromatic N) is 4. The van der Waals surface area contributed by atoms with E-state index in [0.717, 1.165) is 46.5 Å². The topological polar surface area (TPSA) is 32.3 Å². The van der Waals surface area contributed by atoms with Crippen LogP contribution in [0.1, 0.15) is 71.5 Å². The Morgan fingerprint density at radius 2 is 1.50 bits per heavy atom. The number of benzene rings is 2. The lowest BCUT2D eigenvalue weighted by molar-refractivity contribution is 0.276. The van der Waals surface area contributed by atoms with Crippen molar-refractivity contribution in [2.45, 2.75) is 72.6 Å². The van der Waals surface area contributed by atoms with Crippen molar-refractivity contribution in [3.63, 3.8) is 0 Å². The molecule has 1 heterocycles. The van der Waals surface area contributed by atoms with Gasteiger partial charge in [0, 0.05) is 37.9 Å². The lowest BCUT2D eigenvalue weighted by atomic mass is 9.81. The van der Waals surface area contributed by atoms with Crippen LogP contribution in [-0.4, -0.2) is 31.1 Å². The highest BCUT2D eigenvalue weighted by Crippen LogP contribution is 2.30. The van der Waals surface area contributed by atoms with E-state index in [-0.39, 0.29) is 0 Å². The van der Waals surface area contributed by atoms with E-state index in [2.05, 4.69) is 54.4 Å². The molecule has 1 aliphatic rings. The largest absolute Gasteiger partial charge is 0.362 e. The van der Waals surface area contributed by atoms with Crippen molar-refractivity contribution >= 4 is 22.4 Å². The molecule has 3 aromatic rings. The van der Waals surface area contributed by atoms with Gasteiger partial charge in [-0.15, -0.1) is 0 Å². The average Bonchev–Trinajstić information content (AvgIpc) is 2.90. The van der Waals surface area contributed by atoms with Crippen LogP contribution in [0.5, 0.6) is 0 Å². The number of hydrogen-bond donors (Lipinski definition) is 0. The maximum atomic E-state index is 4.42. The van der Waals surface area contributed by atoms with Gasteiger partial charge in [-0.2, -0.15) is 0 Å². The minimum Gasteiger partial charge on any atom is -0.362 e. The van der Waals surface area contributed by atoms with E-state index in [9.17, 15) is 0 Å². The van der Waals surface area contributed by atoms with Gasteiger partial charge in [0.2, 0.25) is 0 Å². The molecular formula is C32H48N4. The standard InChI is InChI=1S/C11H13N3.C11H15N.C10H20/c1-8-12-10-7-5-4-6-9(10)11(13-8)14(2)3;1-4-10(2)12(3)11-8-6-5-7-9-11;1-3-4-10-7-5-9(2)6-8-10/h4-7H,1-3H3;5-9H,2,4H2,1,3H3;9-10H,3-8H2,1-2H3. The summed E-state index contributed by atoms with van der Waals surface area (Å²) < 4.78 is 0. The van der Waals surface area contributed by atoms with Gasteiger partial charge in [-0.1, -0.05) is 96.2 Å². The normalized spacial score (nSPS) is 16.8. The molecule has 36 heavy (non-hydrogen) atoms. The summed E-state index contributed by atoms with van der Waals surface area (Å²) >= 11 is 0. The van der Waals surface area contributed by atoms with Crippen LogP contribution in [-0.2, 0) is 0 Å². The molecule has 0 aliphatic heterocycles. The van der Waals surface area contributed by atoms with Gasteiger partial charge in [0.05, 0.1) is 5.52 Å². The van der Waals surface area contributed by atoms with Gasteiger partial charge in [-0.3, -0.25) is 0 Å². The molecule has 0 atom stereocenters. The van der Waals surface area contributed by atoms with Crippen LogP contribution >= 0.6 is 0 Å². The average molecular weight is 489 g/mol. The maximum absolute atomic E-state index is 4.42. The molecule has 1 aromatic heterocycles. The number of para-hydroxylation sites is 2. The van der Waals surface area contributed by atoms with E-state index in [4.69, 9.17) is 0 Å². The van der Waals surface area contributed by atoms with E-state index >= 15 is 0 Å². The first-order valence-corrected chi connectivity index (χ1v) is 13.6. The third kappa shape index (κ3) is 9.29. The molecule has 0 amide bonds. The van der Waals surface area contributed by atoms with Crippen LogP contribution in [0.15, 0.2) is 66.9 Å². The molecule has 0 saturated heterocycles. The molecule has 196 valence electrons. The molecule has 0 spiro atoms. The third-order valence-electron chi connectivity index (χ3n) is 6.98. The second-order valence-corrected chi connectivity index (χ2v) is 10.2. The molecule has 0 radical (unpaired) electrons. The quantitative estimate of drug-likeness (QED) is 0.347. The second-order valence-electron chi connectivity index (χ2n) is 10.2. The zero-order chi connectivity index (χ0) is 26.5. The number of fused-ring (bicyclic) bond motifs is 1. The summed E-state index contributed by atoms with van der Waals surface area (Å²) in [7, 11) is 6.03. The van der Waals surface area contributed by atoms with Crippen LogP contribution in [0.2, 0.25) is 0 Å². The van der Waals surface area contributed by atoms with E-state index in [1.807, 2.05) is 75.4 Å². The van der Waals surface area contributed by atoms with Gasteiger partial charge in [0.1, 0.15) is 11.6 Å². The molecule has 4 rings (SSSR count). The van der Waals surface area contributed by atoms with Crippen molar-refractivity contribution in [1.29, 1.82) is 0 Å². The molecule has 0 unspecified atom stereocenters. The molecule has 0 bridgehead atoms. The first-order valence-electron chi connectivity index (χ1n) is 13.6. The molecule has 4 heteroatoms. The number of anilines is 2. The zero-order valence-corrected chi connectivity index (χ0v) is 23.8. The van der Waals surface area contributed by atoms with Gasteiger partial charge < -0.3 is 9.80 Å². The fourth-order valence-electron chi connectivity index (χ4n) is 4.61. The molecule has 1 aliphatic carbocycles. The Morgan fingerprint density at radius 1 is 0.889 bits per heavy atom. The number of allylic oxidation sites excluding steroid dienone is 1. The minimum atomic E-state index is 0.812. The molecular weight excluding hydrogens is 440 g/mol. The van der Waals surface area contributed by atoms with Crippen molar-refractivity contribution in [2.24, 2.45) is 11.8 Å². The van der Waals surface area contributed by atoms with Crippen LogP contribution in [0, 0.1) is 18.8 Å². The van der Waals surface area contributed by atoms with Gasteiger partial charge in [-0.25, -0.2) is 9.97 Å².